The van der Waals surface area contributed by atoms with E-state index in [9.17, 15) is 4.79 Å². The van der Waals surface area contributed by atoms with Crippen molar-refractivity contribution in [3.63, 3.8) is 0 Å². The molecule has 1 aromatic rings. The van der Waals surface area contributed by atoms with E-state index in [1.807, 2.05) is 0 Å². The monoisotopic (exact) mass is 290 g/mol. The molecule has 0 heterocycles. The van der Waals surface area contributed by atoms with Crippen molar-refractivity contribution >= 4 is 11.6 Å². The molecule has 114 valence electrons. The minimum absolute atomic E-state index is 0.235. The number of carbonyl (C=O) groups is 1. The second kappa shape index (κ2) is 7.11. The van der Waals surface area contributed by atoms with Crippen molar-refractivity contribution in [1.29, 1.82) is 0 Å². The lowest BCUT2D eigenvalue weighted by Gasteiger charge is -2.19. The zero-order chi connectivity index (χ0) is 15.2. The van der Waals surface area contributed by atoms with E-state index in [2.05, 4.69) is 17.5 Å². The molecule has 1 saturated carbocycles. The van der Waals surface area contributed by atoms with Crippen LogP contribution in [0.2, 0.25) is 0 Å². The molecule has 1 N–H and O–H groups in total. The van der Waals surface area contributed by atoms with Crippen molar-refractivity contribution < 1.29 is 14.3 Å². The van der Waals surface area contributed by atoms with Gasteiger partial charge in [0.05, 0.1) is 14.2 Å². The number of amides is 1. The number of hydrogen-bond acceptors (Lipinski definition) is 4. The third-order valence-corrected chi connectivity index (χ3v) is 3.84. The maximum absolute atomic E-state index is 12.1. The van der Waals surface area contributed by atoms with Crippen molar-refractivity contribution in [3.05, 3.63) is 23.8 Å². The van der Waals surface area contributed by atoms with Crippen LogP contribution in [0.5, 0.6) is 11.5 Å². The molecule has 1 aromatic carbocycles. The van der Waals surface area contributed by atoms with Crippen LogP contribution >= 0.6 is 0 Å². The van der Waals surface area contributed by atoms with Gasteiger partial charge in [-0.2, -0.15) is 5.10 Å². The van der Waals surface area contributed by atoms with Crippen LogP contribution in [0, 0.1) is 5.92 Å². The van der Waals surface area contributed by atoms with Crippen LogP contribution in [-0.4, -0.2) is 25.8 Å². The van der Waals surface area contributed by atoms with Gasteiger partial charge in [-0.05, 0) is 43.4 Å². The van der Waals surface area contributed by atoms with Gasteiger partial charge < -0.3 is 9.47 Å². The summed E-state index contributed by atoms with van der Waals surface area (Å²) < 4.78 is 10.4. The quantitative estimate of drug-likeness (QED) is 0.867. The van der Waals surface area contributed by atoms with E-state index in [0.29, 0.717) is 23.0 Å². The second-order valence-corrected chi connectivity index (χ2v) is 5.26. The molecule has 1 amide bonds. The van der Waals surface area contributed by atoms with Crippen LogP contribution in [0.3, 0.4) is 0 Å². The van der Waals surface area contributed by atoms with Crippen LogP contribution in [0.15, 0.2) is 23.3 Å². The van der Waals surface area contributed by atoms with Gasteiger partial charge >= 0.3 is 0 Å². The maximum Gasteiger partial charge on any atom is 0.271 e. The molecule has 1 fully saturated rings. The van der Waals surface area contributed by atoms with E-state index in [0.717, 1.165) is 25.0 Å². The Labute approximate surface area is 125 Å². The molecule has 0 bridgehead atoms. The Kier molecular flexibility index (Phi) is 5.20. The molecule has 1 aliphatic rings. The Morgan fingerprint density at radius 3 is 2.67 bits per heavy atom. The first-order valence-electron chi connectivity index (χ1n) is 7.24. The first-order valence-corrected chi connectivity index (χ1v) is 7.24. The highest BCUT2D eigenvalue weighted by atomic mass is 16.5. The zero-order valence-corrected chi connectivity index (χ0v) is 12.8. The molecule has 0 radical (unpaired) electrons. The van der Waals surface area contributed by atoms with E-state index in [4.69, 9.17) is 9.47 Å². The van der Waals surface area contributed by atoms with Gasteiger partial charge in [-0.25, -0.2) is 5.43 Å². The van der Waals surface area contributed by atoms with E-state index >= 15 is 0 Å². The fraction of sp³-hybridized carbons (Fsp3) is 0.500. The van der Waals surface area contributed by atoms with Gasteiger partial charge in [-0.3, -0.25) is 4.79 Å². The minimum Gasteiger partial charge on any atom is -0.493 e. The Morgan fingerprint density at radius 1 is 1.24 bits per heavy atom. The molecule has 0 unspecified atom stereocenters. The maximum atomic E-state index is 12.1. The zero-order valence-electron chi connectivity index (χ0n) is 12.8. The number of carbonyl (C=O) groups excluding carboxylic acids is 1. The van der Waals surface area contributed by atoms with Crippen molar-refractivity contribution in [2.24, 2.45) is 11.0 Å². The summed E-state index contributed by atoms with van der Waals surface area (Å²) >= 11 is 0. The Bertz CT molecular complexity index is 540. The lowest BCUT2D eigenvalue weighted by molar-refractivity contribution is 0.0954. The summed E-state index contributed by atoms with van der Waals surface area (Å²) in [4.78, 5) is 12.1. The Morgan fingerprint density at radius 2 is 2.00 bits per heavy atom. The number of nitrogens with zero attached hydrogens (tertiary/aromatic N) is 1. The van der Waals surface area contributed by atoms with Crippen LogP contribution in [0.4, 0.5) is 0 Å². The van der Waals surface area contributed by atoms with Gasteiger partial charge in [0, 0.05) is 11.3 Å². The van der Waals surface area contributed by atoms with Gasteiger partial charge in [0.25, 0.3) is 5.91 Å². The molecule has 0 aliphatic heterocycles. The summed E-state index contributed by atoms with van der Waals surface area (Å²) in [5.74, 6) is 1.34. The SMILES string of the molecule is COc1ccc(C(=O)N/N=C2/CCCC[C@@H]2C)cc1OC. The highest BCUT2D eigenvalue weighted by molar-refractivity contribution is 5.96. The fourth-order valence-corrected chi connectivity index (χ4v) is 2.50. The van der Waals surface area contributed by atoms with Crippen LogP contribution < -0.4 is 14.9 Å². The Hall–Kier alpha value is -2.04. The number of hydrogen-bond donors (Lipinski definition) is 1. The predicted molar refractivity (Wildman–Crippen MR) is 82.1 cm³/mol. The number of nitrogens with one attached hydrogen (secondary N) is 1. The summed E-state index contributed by atoms with van der Waals surface area (Å²) in [5.41, 5.74) is 4.22. The molecule has 0 spiro atoms. The fourth-order valence-electron chi connectivity index (χ4n) is 2.50. The third kappa shape index (κ3) is 3.74. The van der Waals surface area contributed by atoms with Gasteiger partial charge in [-0.15, -0.1) is 0 Å². The summed E-state index contributed by atoms with van der Waals surface area (Å²) in [6.45, 7) is 2.15. The second-order valence-electron chi connectivity index (χ2n) is 5.26. The summed E-state index contributed by atoms with van der Waals surface area (Å²) in [7, 11) is 3.11. The lowest BCUT2D eigenvalue weighted by Crippen LogP contribution is -2.24. The highest BCUT2D eigenvalue weighted by Crippen LogP contribution is 2.27. The van der Waals surface area contributed by atoms with E-state index in [1.54, 1.807) is 32.4 Å². The van der Waals surface area contributed by atoms with Crippen molar-refractivity contribution in [3.8, 4) is 11.5 Å². The van der Waals surface area contributed by atoms with Crippen molar-refractivity contribution in [1.82, 2.24) is 5.43 Å². The highest BCUT2D eigenvalue weighted by Gasteiger charge is 2.16. The molecular weight excluding hydrogens is 268 g/mol. The van der Waals surface area contributed by atoms with E-state index < -0.39 is 0 Å². The van der Waals surface area contributed by atoms with Gasteiger partial charge in [0.1, 0.15) is 0 Å². The van der Waals surface area contributed by atoms with Crippen LogP contribution in [0.25, 0.3) is 0 Å². The lowest BCUT2D eigenvalue weighted by atomic mass is 9.89. The molecule has 0 aromatic heterocycles. The largest absolute Gasteiger partial charge is 0.493 e. The smallest absolute Gasteiger partial charge is 0.271 e. The molecule has 5 heteroatoms. The van der Waals surface area contributed by atoms with E-state index in [-0.39, 0.29) is 5.91 Å². The third-order valence-electron chi connectivity index (χ3n) is 3.84. The van der Waals surface area contributed by atoms with Gasteiger partial charge in [0.15, 0.2) is 11.5 Å². The summed E-state index contributed by atoms with van der Waals surface area (Å²) in [6, 6.07) is 5.06. The summed E-state index contributed by atoms with van der Waals surface area (Å²) in [6.07, 6.45) is 4.50. The molecule has 21 heavy (non-hydrogen) atoms. The average Bonchev–Trinajstić information content (AvgIpc) is 2.53. The Balaban J connectivity index is 2.08. The number of rotatable bonds is 4. The first-order chi connectivity index (χ1) is 10.2. The van der Waals surface area contributed by atoms with Crippen molar-refractivity contribution in [2.45, 2.75) is 32.6 Å². The molecule has 2 rings (SSSR count). The van der Waals surface area contributed by atoms with E-state index in [1.165, 1.54) is 6.42 Å². The van der Waals surface area contributed by atoms with Crippen LogP contribution in [0.1, 0.15) is 43.0 Å². The molecule has 1 aliphatic carbocycles. The molecular formula is C16H22N2O3. The molecule has 0 saturated heterocycles. The molecule has 1 atom stereocenters. The molecule has 5 nitrogen and oxygen atoms in total. The van der Waals surface area contributed by atoms with Gasteiger partial charge in [0.2, 0.25) is 0 Å². The predicted octanol–water partition coefficient (Wildman–Crippen LogP) is 3.00. The van der Waals surface area contributed by atoms with Gasteiger partial charge in [-0.1, -0.05) is 13.3 Å². The summed E-state index contributed by atoms with van der Waals surface area (Å²) in [5, 5.41) is 4.28. The topological polar surface area (TPSA) is 59.9 Å². The van der Waals surface area contributed by atoms with Crippen molar-refractivity contribution in [2.75, 3.05) is 14.2 Å². The average molecular weight is 290 g/mol. The standard InChI is InChI=1S/C16H22N2O3/c1-11-6-4-5-7-13(11)17-18-16(19)12-8-9-14(20-2)15(10-12)21-3/h8-11H,4-7H2,1-3H3,(H,18,19)/b17-13-/t11-/m0/s1. The van der Waals surface area contributed by atoms with Crippen LogP contribution in [-0.2, 0) is 0 Å². The number of ether oxygens (including phenoxy) is 2. The number of methoxy groups -OCH3 is 2. The normalized spacial score (nSPS) is 20.1. The minimum atomic E-state index is -0.235. The number of hydrazone groups is 1. The number of benzene rings is 1. The first kappa shape index (κ1) is 15.4.